The molecule has 1 heterocycles. The van der Waals surface area contributed by atoms with Crippen molar-refractivity contribution in [1.82, 2.24) is 4.98 Å². The van der Waals surface area contributed by atoms with E-state index in [0.717, 1.165) is 28.3 Å². The Kier molecular flexibility index (Phi) is 15.6. The Labute approximate surface area is 265 Å². The standard InChI is InChI=1S/C34H45N3.2ClH.Co/c1-20(2)29-14-25(10)15-30(21(3)4)33(29)35-18-27-12-24(9)13-28(37-27)19-36-34-31(22(5)6)16-26(11)17-32(34)23(7)8;;;/h12-23H,1-11H3;2*1H;/q;;;+2/p-2. The first-order valence-corrected chi connectivity index (χ1v) is 13.7. The number of pyridine rings is 1. The zero-order chi connectivity index (χ0) is 27.4. The summed E-state index contributed by atoms with van der Waals surface area (Å²) in [5.74, 6) is 1.60. The molecule has 0 amide bonds. The topological polar surface area (TPSA) is 37.6 Å². The molecule has 0 atom stereocenters. The van der Waals surface area contributed by atoms with Gasteiger partial charge in [-0.1, -0.05) is 90.8 Å². The van der Waals surface area contributed by atoms with Gasteiger partial charge in [0.05, 0.1) is 35.2 Å². The van der Waals surface area contributed by atoms with Crippen LogP contribution in [0.3, 0.4) is 0 Å². The van der Waals surface area contributed by atoms with E-state index in [4.69, 9.17) is 15.0 Å². The molecule has 40 heavy (non-hydrogen) atoms. The third-order valence-corrected chi connectivity index (χ3v) is 6.78. The van der Waals surface area contributed by atoms with Gasteiger partial charge < -0.3 is 24.8 Å². The predicted octanol–water partition coefficient (Wildman–Crippen LogP) is 4.01. The van der Waals surface area contributed by atoms with Gasteiger partial charge in [-0.15, -0.1) is 0 Å². The normalized spacial score (nSPS) is 11.5. The second-order valence-electron chi connectivity index (χ2n) is 11.7. The van der Waals surface area contributed by atoms with E-state index in [1.807, 2.05) is 12.4 Å². The smallest absolute Gasteiger partial charge is 1.00 e. The summed E-state index contributed by atoms with van der Waals surface area (Å²) in [5.41, 5.74) is 12.7. The van der Waals surface area contributed by atoms with Gasteiger partial charge in [0, 0.05) is 0 Å². The minimum Gasteiger partial charge on any atom is -1.00 e. The van der Waals surface area contributed by atoms with Crippen molar-refractivity contribution < 1.29 is 41.6 Å². The summed E-state index contributed by atoms with van der Waals surface area (Å²) in [6.07, 6.45) is 3.83. The molecule has 3 nitrogen and oxygen atoms in total. The number of halogens is 2. The number of rotatable bonds is 8. The molecule has 0 spiro atoms. The number of benzene rings is 2. The van der Waals surface area contributed by atoms with E-state index in [9.17, 15) is 0 Å². The van der Waals surface area contributed by atoms with E-state index in [1.165, 1.54) is 33.4 Å². The molecule has 0 aliphatic carbocycles. The largest absolute Gasteiger partial charge is 2.00 e. The summed E-state index contributed by atoms with van der Waals surface area (Å²) in [6, 6.07) is 13.3. The fourth-order valence-corrected chi connectivity index (χ4v) is 4.85. The maximum Gasteiger partial charge on any atom is 2.00 e. The molecule has 0 saturated carbocycles. The van der Waals surface area contributed by atoms with Gasteiger partial charge in [-0.2, -0.15) is 0 Å². The average Bonchev–Trinajstić information content (AvgIpc) is 2.80. The number of hydrogen-bond acceptors (Lipinski definition) is 3. The molecule has 0 unspecified atom stereocenters. The van der Waals surface area contributed by atoms with Gasteiger partial charge in [0.1, 0.15) is 0 Å². The first kappa shape index (κ1) is 38.0. The summed E-state index contributed by atoms with van der Waals surface area (Å²) < 4.78 is 0. The number of aromatic nitrogens is 1. The Balaban J connectivity index is 0.00000507. The quantitative estimate of drug-likeness (QED) is 0.349. The Bertz CT molecular complexity index is 1170. The van der Waals surface area contributed by atoms with E-state index < -0.39 is 0 Å². The first-order chi connectivity index (χ1) is 17.4. The molecule has 0 fully saturated rings. The Morgan fingerprint density at radius 3 is 1.00 bits per heavy atom. The first-order valence-electron chi connectivity index (χ1n) is 13.7. The summed E-state index contributed by atoms with van der Waals surface area (Å²) in [4.78, 5) is 14.9. The van der Waals surface area contributed by atoms with E-state index in [1.54, 1.807) is 0 Å². The maximum absolute atomic E-state index is 5.01. The van der Waals surface area contributed by atoms with Crippen LogP contribution in [0.1, 0.15) is 129 Å². The van der Waals surface area contributed by atoms with Gasteiger partial charge in [0.15, 0.2) is 0 Å². The van der Waals surface area contributed by atoms with Crippen molar-refractivity contribution in [2.45, 2.75) is 99.8 Å². The minimum atomic E-state index is 0. The van der Waals surface area contributed by atoms with Gasteiger partial charge in [-0.3, -0.25) is 9.98 Å². The van der Waals surface area contributed by atoms with Crippen LogP contribution < -0.4 is 24.8 Å². The Morgan fingerprint density at radius 1 is 0.500 bits per heavy atom. The molecule has 3 aromatic rings. The minimum absolute atomic E-state index is 0. The molecule has 0 aliphatic rings. The van der Waals surface area contributed by atoms with E-state index in [2.05, 4.69) is 113 Å². The second-order valence-corrected chi connectivity index (χ2v) is 11.7. The third-order valence-electron chi connectivity index (χ3n) is 6.78. The molecule has 1 aromatic heterocycles. The number of nitrogens with zero attached hydrogens (tertiary/aromatic N) is 3. The van der Waals surface area contributed by atoms with Crippen LogP contribution in [-0.2, 0) is 16.8 Å². The van der Waals surface area contributed by atoms with E-state index >= 15 is 0 Å². The molecule has 0 N–H and O–H groups in total. The maximum atomic E-state index is 5.01. The summed E-state index contributed by atoms with van der Waals surface area (Å²) >= 11 is 0. The van der Waals surface area contributed by atoms with E-state index in [-0.39, 0.29) is 41.6 Å². The average molecular weight is 626 g/mol. The van der Waals surface area contributed by atoms with Crippen LogP contribution in [0.25, 0.3) is 0 Å². The van der Waals surface area contributed by atoms with Crippen molar-refractivity contribution in [1.29, 1.82) is 0 Å². The van der Waals surface area contributed by atoms with E-state index in [0.29, 0.717) is 23.7 Å². The van der Waals surface area contributed by atoms with Crippen LogP contribution >= 0.6 is 0 Å². The number of aryl methyl sites for hydroxylation is 3. The number of aliphatic imine (C=N–C) groups is 2. The zero-order valence-corrected chi connectivity index (χ0v) is 28.4. The molecule has 0 saturated heterocycles. The Hall–Kier alpha value is -1.98. The second kappa shape index (κ2) is 16.5. The summed E-state index contributed by atoms with van der Waals surface area (Å²) in [5, 5.41) is 0. The van der Waals surface area contributed by atoms with Crippen LogP contribution in [0.2, 0.25) is 0 Å². The molecule has 0 bridgehead atoms. The molecular weight excluding hydrogens is 580 g/mol. The molecule has 3 rings (SSSR count). The van der Waals surface area contributed by atoms with Crippen molar-refractivity contribution in [2.24, 2.45) is 9.98 Å². The third kappa shape index (κ3) is 9.55. The molecule has 219 valence electrons. The molecular formula is C34H45Cl2CoN3. The molecule has 0 aliphatic heterocycles. The van der Waals surface area contributed by atoms with Crippen molar-refractivity contribution in [3.8, 4) is 0 Å². The Morgan fingerprint density at radius 2 is 0.750 bits per heavy atom. The van der Waals surface area contributed by atoms with Gasteiger partial charge in [-0.05, 0) is 84.4 Å². The van der Waals surface area contributed by atoms with Crippen molar-refractivity contribution in [3.63, 3.8) is 0 Å². The fraction of sp³-hybridized carbons (Fsp3) is 0.441. The zero-order valence-electron chi connectivity index (χ0n) is 25.9. The van der Waals surface area contributed by atoms with Crippen molar-refractivity contribution in [3.05, 3.63) is 86.7 Å². The number of hydrogen-bond donors (Lipinski definition) is 0. The molecule has 2 aromatic carbocycles. The van der Waals surface area contributed by atoms with Gasteiger partial charge >= 0.3 is 16.8 Å². The van der Waals surface area contributed by atoms with Gasteiger partial charge in [0.25, 0.3) is 0 Å². The molecule has 1 radical (unpaired) electrons. The van der Waals surface area contributed by atoms with Crippen LogP contribution in [0.5, 0.6) is 0 Å². The fourth-order valence-electron chi connectivity index (χ4n) is 4.85. The monoisotopic (exact) mass is 624 g/mol. The summed E-state index contributed by atoms with van der Waals surface area (Å²) in [7, 11) is 0. The van der Waals surface area contributed by atoms with Crippen LogP contribution in [0.15, 0.2) is 46.4 Å². The van der Waals surface area contributed by atoms with Gasteiger partial charge in [-0.25, -0.2) is 4.98 Å². The van der Waals surface area contributed by atoms with Crippen molar-refractivity contribution in [2.75, 3.05) is 0 Å². The predicted molar refractivity (Wildman–Crippen MR) is 162 cm³/mol. The van der Waals surface area contributed by atoms with Gasteiger partial charge in [0.2, 0.25) is 0 Å². The summed E-state index contributed by atoms with van der Waals surface area (Å²) in [6.45, 7) is 24.3. The van der Waals surface area contributed by atoms with Crippen LogP contribution in [-0.4, -0.2) is 17.4 Å². The molecule has 6 heteroatoms. The SMILES string of the molecule is Cc1cc(C=Nc2c(C(C)C)cc(C)cc2C(C)C)nc(C=Nc2c(C(C)C)cc(C)cc2C(C)C)c1.[Cl-].[Cl-].[Co+2]. The van der Waals surface area contributed by atoms with Crippen LogP contribution in [0.4, 0.5) is 11.4 Å². The van der Waals surface area contributed by atoms with Crippen molar-refractivity contribution >= 4 is 23.8 Å². The van der Waals surface area contributed by atoms with Crippen LogP contribution in [0, 0.1) is 20.8 Å².